The molecular formula is C22H27ClN2O3S. The molecule has 0 radical (unpaired) electrons. The van der Waals surface area contributed by atoms with Gasteiger partial charge in [0.25, 0.3) is 0 Å². The number of methoxy groups -OCH3 is 1. The molecule has 1 aliphatic rings. The SMILES string of the molecule is CCCC(NC(=O)CCc1ccc(OC)c(Cl)c1)C(=O)N1CCc2sccc2C1. The summed E-state index contributed by atoms with van der Waals surface area (Å²) in [4.78, 5) is 28.8. The highest BCUT2D eigenvalue weighted by Crippen LogP contribution is 2.26. The smallest absolute Gasteiger partial charge is 0.245 e. The highest BCUT2D eigenvalue weighted by atomic mass is 35.5. The Balaban J connectivity index is 1.56. The van der Waals surface area contributed by atoms with Crippen molar-refractivity contribution in [1.29, 1.82) is 0 Å². The van der Waals surface area contributed by atoms with E-state index >= 15 is 0 Å². The Morgan fingerprint density at radius 1 is 1.34 bits per heavy atom. The van der Waals surface area contributed by atoms with Gasteiger partial charge < -0.3 is 15.0 Å². The van der Waals surface area contributed by atoms with Crippen LogP contribution in [0.3, 0.4) is 0 Å². The Morgan fingerprint density at radius 2 is 2.17 bits per heavy atom. The fourth-order valence-electron chi connectivity index (χ4n) is 3.59. The zero-order chi connectivity index (χ0) is 20.8. The summed E-state index contributed by atoms with van der Waals surface area (Å²) in [6, 6.07) is 7.14. The number of fused-ring (bicyclic) bond motifs is 1. The normalized spacial score (nSPS) is 14.2. The lowest BCUT2D eigenvalue weighted by Gasteiger charge is -2.31. The first-order chi connectivity index (χ1) is 14.0. The number of rotatable bonds is 8. The molecule has 1 aromatic heterocycles. The molecule has 1 atom stereocenters. The maximum Gasteiger partial charge on any atom is 0.245 e. The summed E-state index contributed by atoms with van der Waals surface area (Å²) in [6.07, 6.45) is 3.24. The van der Waals surface area contributed by atoms with Gasteiger partial charge in [0, 0.05) is 24.4 Å². The number of nitrogens with one attached hydrogen (secondary N) is 1. The van der Waals surface area contributed by atoms with E-state index in [-0.39, 0.29) is 11.8 Å². The quantitative estimate of drug-likeness (QED) is 0.676. The van der Waals surface area contributed by atoms with E-state index in [1.165, 1.54) is 10.4 Å². The van der Waals surface area contributed by atoms with Crippen LogP contribution in [0.4, 0.5) is 0 Å². The molecule has 3 rings (SSSR count). The lowest BCUT2D eigenvalue weighted by atomic mass is 10.1. The van der Waals surface area contributed by atoms with E-state index in [2.05, 4.69) is 16.8 Å². The topological polar surface area (TPSA) is 58.6 Å². The fourth-order valence-corrected chi connectivity index (χ4v) is 4.76. The number of nitrogens with zero attached hydrogens (tertiary/aromatic N) is 1. The van der Waals surface area contributed by atoms with E-state index in [1.807, 2.05) is 24.0 Å². The second-order valence-corrected chi connectivity index (χ2v) is 8.66. The molecule has 0 fully saturated rings. The van der Waals surface area contributed by atoms with Crippen molar-refractivity contribution in [3.63, 3.8) is 0 Å². The number of ether oxygens (including phenoxy) is 1. The molecule has 0 aliphatic carbocycles. The minimum Gasteiger partial charge on any atom is -0.495 e. The van der Waals surface area contributed by atoms with Crippen LogP contribution in [0.15, 0.2) is 29.6 Å². The summed E-state index contributed by atoms with van der Waals surface area (Å²) in [6.45, 7) is 3.38. The van der Waals surface area contributed by atoms with E-state index < -0.39 is 6.04 Å². The third-order valence-corrected chi connectivity index (χ3v) is 6.51. The highest BCUT2D eigenvalue weighted by Gasteiger charge is 2.28. The van der Waals surface area contributed by atoms with Gasteiger partial charge in [-0.05, 0) is 54.0 Å². The van der Waals surface area contributed by atoms with Crippen molar-refractivity contribution in [3.8, 4) is 5.75 Å². The zero-order valence-corrected chi connectivity index (χ0v) is 18.4. The second-order valence-electron chi connectivity index (χ2n) is 7.26. The average Bonchev–Trinajstić information content (AvgIpc) is 3.19. The molecule has 156 valence electrons. The van der Waals surface area contributed by atoms with Gasteiger partial charge in [-0.2, -0.15) is 0 Å². The van der Waals surface area contributed by atoms with Crippen molar-refractivity contribution in [3.05, 3.63) is 50.7 Å². The summed E-state index contributed by atoms with van der Waals surface area (Å²) in [5, 5.41) is 5.56. The van der Waals surface area contributed by atoms with Crippen LogP contribution in [0, 0.1) is 0 Å². The summed E-state index contributed by atoms with van der Waals surface area (Å²) in [7, 11) is 1.57. The molecule has 1 aromatic carbocycles. The first-order valence-electron chi connectivity index (χ1n) is 9.97. The molecule has 29 heavy (non-hydrogen) atoms. The summed E-state index contributed by atoms with van der Waals surface area (Å²) < 4.78 is 5.15. The third kappa shape index (κ3) is 5.52. The van der Waals surface area contributed by atoms with E-state index in [4.69, 9.17) is 16.3 Å². The zero-order valence-electron chi connectivity index (χ0n) is 16.9. The number of amides is 2. The van der Waals surface area contributed by atoms with Crippen molar-refractivity contribution in [2.24, 2.45) is 0 Å². The van der Waals surface area contributed by atoms with Gasteiger partial charge in [-0.1, -0.05) is 31.0 Å². The van der Waals surface area contributed by atoms with Gasteiger partial charge in [-0.3, -0.25) is 9.59 Å². The number of halogens is 1. The molecule has 0 spiro atoms. The van der Waals surface area contributed by atoms with E-state index in [1.54, 1.807) is 24.5 Å². The van der Waals surface area contributed by atoms with Crippen LogP contribution >= 0.6 is 22.9 Å². The van der Waals surface area contributed by atoms with Crippen molar-refractivity contribution in [2.45, 2.75) is 51.6 Å². The van der Waals surface area contributed by atoms with Crippen LogP contribution in [0.25, 0.3) is 0 Å². The van der Waals surface area contributed by atoms with Crippen LogP contribution in [-0.2, 0) is 29.0 Å². The molecule has 1 N–H and O–H groups in total. The van der Waals surface area contributed by atoms with Crippen LogP contribution in [0.1, 0.15) is 42.2 Å². The lowest BCUT2D eigenvalue weighted by Crippen LogP contribution is -2.49. The Labute approximate surface area is 181 Å². The predicted octanol–water partition coefficient (Wildman–Crippen LogP) is 4.21. The number of carbonyl (C=O) groups excluding carboxylic acids is 2. The number of hydrogen-bond donors (Lipinski definition) is 1. The molecule has 1 aliphatic heterocycles. The van der Waals surface area contributed by atoms with E-state index in [0.29, 0.717) is 43.1 Å². The highest BCUT2D eigenvalue weighted by molar-refractivity contribution is 7.10. The molecule has 2 aromatic rings. The van der Waals surface area contributed by atoms with Crippen LogP contribution in [0.2, 0.25) is 5.02 Å². The number of thiophene rings is 1. The van der Waals surface area contributed by atoms with Crippen LogP contribution in [0.5, 0.6) is 5.75 Å². The monoisotopic (exact) mass is 434 g/mol. The Morgan fingerprint density at radius 3 is 2.90 bits per heavy atom. The lowest BCUT2D eigenvalue weighted by molar-refractivity contribution is -0.137. The molecule has 2 amide bonds. The number of carbonyl (C=O) groups is 2. The standard InChI is InChI=1S/C22H27ClN2O3S/c1-3-4-18(22(27)25-11-9-20-16(14-25)10-12-29-20)24-21(26)8-6-15-5-7-19(28-2)17(23)13-15/h5,7,10,12-13,18H,3-4,6,8-9,11,14H2,1-2H3,(H,24,26). The van der Waals surface area contributed by atoms with Gasteiger partial charge in [0.05, 0.1) is 12.1 Å². The van der Waals surface area contributed by atoms with Gasteiger partial charge >= 0.3 is 0 Å². The molecular weight excluding hydrogens is 408 g/mol. The summed E-state index contributed by atoms with van der Waals surface area (Å²) in [5.74, 6) is 0.519. The largest absolute Gasteiger partial charge is 0.495 e. The van der Waals surface area contributed by atoms with Gasteiger partial charge in [0.2, 0.25) is 11.8 Å². The maximum atomic E-state index is 13.0. The summed E-state index contributed by atoms with van der Waals surface area (Å²) in [5.41, 5.74) is 2.19. The molecule has 0 saturated carbocycles. The van der Waals surface area contributed by atoms with Crippen LogP contribution in [-0.4, -0.2) is 36.4 Å². The summed E-state index contributed by atoms with van der Waals surface area (Å²) >= 11 is 7.90. The van der Waals surface area contributed by atoms with Crippen molar-refractivity contribution in [2.75, 3.05) is 13.7 Å². The van der Waals surface area contributed by atoms with E-state index in [0.717, 1.165) is 18.4 Å². The average molecular weight is 435 g/mol. The van der Waals surface area contributed by atoms with Crippen LogP contribution < -0.4 is 10.1 Å². The number of benzene rings is 1. The molecule has 0 saturated heterocycles. The second kappa shape index (κ2) is 10.1. The number of hydrogen-bond acceptors (Lipinski definition) is 4. The predicted molar refractivity (Wildman–Crippen MR) is 117 cm³/mol. The van der Waals surface area contributed by atoms with Crippen molar-refractivity contribution in [1.82, 2.24) is 10.2 Å². The molecule has 2 heterocycles. The van der Waals surface area contributed by atoms with Gasteiger partial charge in [-0.15, -0.1) is 11.3 Å². The third-order valence-electron chi connectivity index (χ3n) is 5.19. The molecule has 1 unspecified atom stereocenters. The van der Waals surface area contributed by atoms with Gasteiger partial charge in [0.1, 0.15) is 11.8 Å². The van der Waals surface area contributed by atoms with Gasteiger partial charge in [-0.25, -0.2) is 0 Å². The molecule has 5 nitrogen and oxygen atoms in total. The van der Waals surface area contributed by atoms with Crippen molar-refractivity contribution < 1.29 is 14.3 Å². The Hall–Kier alpha value is -2.05. The Kier molecular flexibility index (Phi) is 7.56. The Bertz CT molecular complexity index is 867. The minimum absolute atomic E-state index is 0.0181. The first-order valence-corrected chi connectivity index (χ1v) is 11.2. The fraction of sp³-hybridized carbons (Fsp3) is 0.455. The van der Waals surface area contributed by atoms with Crippen molar-refractivity contribution >= 4 is 34.8 Å². The van der Waals surface area contributed by atoms with Gasteiger partial charge in [0.15, 0.2) is 0 Å². The first kappa shape index (κ1) is 21.7. The minimum atomic E-state index is -0.466. The molecule has 0 bridgehead atoms. The number of aryl methyl sites for hydroxylation is 1. The van der Waals surface area contributed by atoms with E-state index in [9.17, 15) is 9.59 Å². The molecule has 7 heteroatoms. The maximum absolute atomic E-state index is 13.0.